The van der Waals surface area contributed by atoms with E-state index >= 15 is 0 Å². The summed E-state index contributed by atoms with van der Waals surface area (Å²) in [7, 11) is 0. The Morgan fingerprint density at radius 1 is 1.28 bits per heavy atom. The van der Waals surface area contributed by atoms with Gasteiger partial charge >= 0.3 is 0 Å². The molecule has 0 amide bonds. The van der Waals surface area contributed by atoms with Crippen molar-refractivity contribution in [3.05, 3.63) is 23.9 Å². The van der Waals surface area contributed by atoms with E-state index in [1.165, 1.54) is 0 Å². The van der Waals surface area contributed by atoms with Gasteiger partial charge in [-0.15, -0.1) is 24.0 Å². The van der Waals surface area contributed by atoms with Gasteiger partial charge in [-0.1, -0.05) is 19.4 Å². The molecule has 1 aromatic rings. The van der Waals surface area contributed by atoms with Crippen LogP contribution >= 0.6 is 24.0 Å². The molecule has 29 heavy (non-hydrogen) atoms. The molecular formula is C21H37IN4O3. The number of aliphatic imine (C=N–C) groups is 1. The van der Waals surface area contributed by atoms with Crippen LogP contribution in [0.3, 0.4) is 0 Å². The zero-order valence-corrected chi connectivity index (χ0v) is 20.2. The number of hydrogen-bond donors (Lipinski definition) is 2. The molecule has 1 aliphatic heterocycles. The smallest absolute Gasteiger partial charge is 0.218 e. The summed E-state index contributed by atoms with van der Waals surface area (Å²) in [4.78, 5) is 9.02. The summed E-state index contributed by atoms with van der Waals surface area (Å²) < 4.78 is 16.9. The van der Waals surface area contributed by atoms with Crippen molar-refractivity contribution in [1.82, 2.24) is 15.6 Å². The van der Waals surface area contributed by atoms with Crippen molar-refractivity contribution in [3.8, 4) is 5.88 Å². The molecule has 1 atom stereocenters. The third-order valence-corrected chi connectivity index (χ3v) is 4.47. The Bertz CT molecular complexity index is 569. The topological polar surface area (TPSA) is 77.0 Å². The van der Waals surface area contributed by atoms with Gasteiger partial charge in [-0.2, -0.15) is 0 Å². The second-order valence-corrected chi connectivity index (χ2v) is 6.95. The summed E-state index contributed by atoms with van der Waals surface area (Å²) in [6, 6.07) is 3.94. The molecule has 1 fully saturated rings. The number of unbranched alkanes of at least 4 members (excludes halogenated alkanes) is 1. The standard InChI is InChI=1S/C21H36N4O3.HI/c1-3-5-13-28-20-19(8-6-10-23-20)15-25-21(22-4-2)24-11-7-12-26-16-18-9-14-27-17-18;/h6,8,10,18H,3-5,7,9,11-17H2,1-2H3,(H2,22,24,25);1H. The van der Waals surface area contributed by atoms with Gasteiger partial charge in [0.2, 0.25) is 5.88 Å². The molecule has 0 saturated carbocycles. The molecule has 166 valence electrons. The summed E-state index contributed by atoms with van der Waals surface area (Å²) in [5, 5.41) is 6.64. The minimum Gasteiger partial charge on any atom is -0.477 e. The van der Waals surface area contributed by atoms with Gasteiger partial charge in [0.05, 0.1) is 26.4 Å². The molecule has 0 aliphatic carbocycles. The molecule has 7 nitrogen and oxygen atoms in total. The normalized spacial score (nSPS) is 16.3. The lowest BCUT2D eigenvalue weighted by Gasteiger charge is -2.13. The van der Waals surface area contributed by atoms with Crippen LogP contribution in [0.25, 0.3) is 0 Å². The van der Waals surface area contributed by atoms with Gasteiger partial charge in [0, 0.05) is 44.0 Å². The number of pyridine rings is 1. The van der Waals surface area contributed by atoms with Gasteiger partial charge in [0.1, 0.15) is 0 Å². The average molecular weight is 520 g/mol. The van der Waals surface area contributed by atoms with E-state index < -0.39 is 0 Å². The monoisotopic (exact) mass is 520 g/mol. The second-order valence-electron chi connectivity index (χ2n) is 6.95. The fourth-order valence-electron chi connectivity index (χ4n) is 2.84. The lowest BCUT2D eigenvalue weighted by Crippen LogP contribution is -2.38. The van der Waals surface area contributed by atoms with Crippen molar-refractivity contribution in [2.24, 2.45) is 10.9 Å². The first-order valence-electron chi connectivity index (χ1n) is 10.6. The zero-order valence-electron chi connectivity index (χ0n) is 17.8. The molecule has 0 spiro atoms. The maximum atomic E-state index is 5.79. The van der Waals surface area contributed by atoms with Gasteiger partial charge in [0.15, 0.2) is 5.96 Å². The van der Waals surface area contributed by atoms with Crippen LogP contribution in [0.2, 0.25) is 0 Å². The Hall–Kier alpha value is -1.13. The van der Waals surface area contributed by atoms with Gasteiger partial charge < -0.3 is 24.8 Å². The molecule has 1 aromatic heterocycles. The van der Waals surface area contributed by atoms with Crippen molar-refractivity contribution in [3.63, 3.8) is 0 Å². The van der Waals surface area contributed by atoms with E-state index in [1.54, 1.807) is 6.20 Å². The van der Waals surface area contributed by atoms with Crippen LogP contribution in [0.5, 0.6) is 5.88 Å². The van der Waals surface area contributed by atoms with E-state index in [0.717, 1.165) is 76.7 Å². The first kappa shape index (κ1) is 25.9. The maximum absolute atomic E-state index is 5.79. The number of nitrogens with zero attached hydrogens (tertiary/aromatic N) is 2. The minimum absolute atomic E-state index is 0. The number of ether oxygens (including phenoxy) is 3. The van der Waals surface area contributed by atoms with Crippen molar-refractivity contribution in [2.45, 2.75) is 46.1 Å². The zero-order chi connectivity index (χ0) is 19.9. The SMILES string of the molecule is CCCCOc1ncccc1CN=C(NCC)NCCCOCC1CCOC1.I. The number of halogens is 1. The summed E-state index contributed by atoms with van der Waals surface area (Å²) >= 11 is 0. The number of nitrogens with one attached hydrogen (secondary N) is 2. The Kier molecular flexibility index (Phi) is 14.9. The van der Waals surface area contributed by atoms with Crippen LogP contribution < -0.4 is 15.4 Å². The first-order valence-corrected chi connectivity index (χ1v) is 10.6. The molecule has 8 heteroatoms. The largest absolute Gasteiger partial charge is 0.477 e. The Morgan fingerprint density at radius 3 is 2.93 bits per heavy atom. The predicted molar refractivity (Wildman–Crippen MR) is 127 cm³/mol. The Morgan fingerprint density at radius 2 is 2.17 bits per heavy atom. The highest BCUT2D eigenvalue weighted by Crippen LogP contribution is 2.16. The molecule has 0 bridgehead atoms. The fraction of sp³-hybridized carbons (Fsp3) is 0.714. The Balaban J connectivity index is 0.00000420. The van der Waals surface area contributed by atoms with E-state index in [2.05, 4.69) is 34.5 Å². The van der Waals surface area contributed by atoms with E-state index in [4.69, 9.17) is 14.2 Å². The van der Waals surface area contributed by atoms with Crippen molar-refractivity contribution >= 4 is 29.9 Å². The van der Waals surface area contributed by atoms with Crippen LogP contribution in [0.15, 0.2) is 23.3 Å². The van der Waals surface area contributed by atoms with Crippen molar-refractivity contribution in [2.75, 3.05) is 46.1 Å². The average Bonchev–Trinajstić information content (AvgIpc) is 3.23. The van der Waals surface area contributed by atoms with E-state index in [1.807, 2.05) is 12.1 Å². The van der Waals surface area contributed by atoms with Crippen LogP contribution in [0.4, 0.5) is 0 Å². The second kappa shape index (κ2) is 16.6. The minimum atomic E-state index is 0. The lowest BCUT2D eigenvalue weighted by atomic mass is 10.1. The highest BCUT2D eigenvalue weighted by molar-refractivity contribution is 14.0. The number of hydrogen-bond acceptors (Lipinski definition) is 5. The highest BCUT2D eigenvalue weighted by Gasteiger charge is 2.15. The molecule has 1 aliphatic rings. The molecule has 2 heterocycles. The lowest BCUT2D eigenvalue weighted by molar-refractivity contribution is 0.0888. The summed E-state index contributed by atoms with van der Waals surface area (Å²) in [6.07, 6.45) is 5.95. The summed E-state index contributed by atoms with van der Waals surface area (Å²) in [5.41, 5.74) is 0.998. The van der Waals surface area contributed by atoms with Gasteiger partial charge in [-0.05, 0) is 32.3 Å². The number of rotatable bonds is 13. The maximum Gasteiger partial charge on any atom is 0.218 e. The molecule has 2 rings (SSSR count). The van der Waals surface area contributed by atoms with Gasteiger partial charge in [-0.3, -0.25) is 0 Å². The van der Waals surface area contributed by atoms with E-state index in [-0.39, 0.29) is 24.0 Å². The third kappa shape index (κ3) is 11.0. The van der Waals surface area contributed by atoms with Crippen molar-refractivity contribution in [1.29, 1.82) is 0 Å². The quantitative estimate of drug-likeness (QED) is 0.180. The van der Waals surface area contributed by atoms with Crippen LogP contribution in [0, 0.1) is 5.92 Å². The summed E-state index contributed by atoms with van der Waals surface area (Å²) in [5.74, 6) is 2.05. The van der Waals surface area contributed by atoms with E-state index in [9.17, 15) is 0 Å². The van der Waals surface area contributed by atoms with Crippen LogP contribution in [0.1, 0.15) is 45.1 Å². The number of guanidine groups is 1. The first-order chi connectivity index (χ1) is 13.8. The van der Waals surface area contributed by atoms with Crippen LogP contribution in [-0.4, -0.2) is 57.1 Å². The van der Waals surface area contributed by atoms with Crippen molar-refractivity contribution < 1.29 is 14.2 Å². The molecule has 0 radical (unpaired) electrons. The molecule has 1 saturated heterocycles. The fourth-order valence-corrected chi connectivity index (χ4v) is 2.84. The van der Waals surface area contributed by atoms with Crippen LogP contribution in [-0.2, 0) is 16.0 Å². The molecular weight excluding hydrogens is 483 g/mol. The molecule has 1 unspecified atom stereocenters. The third-order valence-electron chi connectivity index (χ3n) is 4.47. The van der Waals surface area contributed by atoms with Gasteiger partial charge in [0.25, 0.3) is 0 Å². The number of aromatic nitrogens is 1. The van der Waals surface area contributed by atoms with E-state index in [0.29, 0.717) is 24.9 Å². The van der Waals surface area contributed by atoms with Gasteiger partial charge in [-0.25, -0.2) is 9.98 Å². The predicted octanol–water partition coefficient (Wildman–Crippen LogP) is 3.38. The molecule has 0 aromatic carbocycles. The summed E-state index contributed by atoms with van der Waals surface area (Å²) in [6.45, 7) is 10.3. The molecule has 2 N–H and O–H groups in total. The highest BCUT2D eigenvalue weighted by atomic mass is 127. The Labute approximate surface area is 192 Å².